The van der Waals surface area contributed by atoms with Crippen LogP contribution in [0.2, 0.25) is 0 Å². The van der Waals surface area contributed by atoms with E-state index in [1.54, 1.807) is 31.2 Å². The molecule has 0 aromatic heterocycles. The number of hydrogen-bond acceptors (Lipinski definition) is 7. The molecule has 2 aromatic rings. The van der Waals surface area contributed by atoms with Gasteiger partial charge in [0.1, 0.15) is 6.54 Å². The zero-order valence-corrected chi connectivity index (χ0v) is 20.3. The number of rotatable bonds is 9. The van der Waals surface area contributed by atoms with Gasteiger partial charge in [0.2, 0.25) is 0 Å². The fourth-order valence-corrected chi connectivity index (χ4v) is 4.47. The monoisotopic (exact) mass is 582 g/mol. The summed E-state index contributed by atoms with van der Waals surface area (Å²) in [5, 5.41) is 11.0. The number of halogens is 1. The largest absolute Gasteiger partial charge is 0.490 e. The lowest BCUT2D eigenvalue weighted by Gasteiger charge is -2.15. The second-order valence-electron chi connectivity index (χ2n) is 6.63. The number of aliphatic carboxylic acids is 1. The number of carbonyl (C=O) groups excluding carboxylic acids is 3. The van der Waals surface area contributed by atoms with Crippen molar-refractivity contribution in [1.82, 2.24) is 4.90 Å². The van der Waals surface area contributed by atoms with Gasteiger partial charge in [0.15, 0.2) is 18.1 Å². The van der Waals surface area contributed by atoms with Crippen LogP contribution >= 0.6 is 34.4 Å². The van der Waals surface area contributed by atoms with Crippen molar-refractivity contribution in [2.45, 2.75) is 6.92 Å². The fraction of sp³-hybridized carbons (Fsp3) is 0.182. The molecule has 0 saturated carbocycles. The maximum Gasteiger partial charge on any atom is 0.323 e. The van der Waals surface area contributed by atoms with Gasteiger partial charge in [-0.2, -0.15) is 0 Å². The zero-order valence-electron chi connectivity index (χ0n) is 17.4. The van der Waals surface area contributed by atoms with Gasteiger partial charge in [-0.1, -0.05) is 18.2 Å². The number of ether oxygens (including phenoxy) is 2. The van der Waals surface area contributed by atoms with E-state index in [4.69, 9.17) is 14.6 Å². The van der Waals surface area contributed by atoms with Crippen molar-refractivity contribution in [3.8, 4) is 11.5 Å². The molecule has 9 nitrogen and oxygen atoms in total. The van der Waals surface area contributed by atoms with Crippen molar-refractivity contribution in [2.24, 2.45) is 0 Å². The number of thioether (sulfide) groups is 1. The summed E-state index contributed by atoms with van der Waals surface area (Å²) in [7, 11) is 0. The summed E-state index contributed by atoms with van der Waals surface area (Å²) in [5.74, 6) is -1.54. The summed E-state index contributed by atoms with van der Waals surface area (Å²) in [4.78, 5) is 48.3. The average Bonchev–Trinajstić information content (AvgIpc) is 3.01. The Labute approximate surface area is 207 Å². The smallest absolute Gasteiger partial charge is 0.323 e. The van der Waals surface area contributed by atoms with Crippen LogP contribution in [-0.2, 0) is 14.4 Å². The Morgan fingerprint density at radius 2 is 1.91 bits per heavy atom. The lowest BCUT2D eigenvalue weighted by molar-refractivity contribution is -0.140. The van der Waals surface area contributed by atoms with Crippen LogP contribution in [0.1, 0.15) is 12.5 Å². The summed E-state index contributed by atoms with van der Waals surface area (Å²) in [5.41, 5.74) is 1.21. The molecule has 3 amide bonds. The molecule has 0 aliphatic carbocycles. The first-order valence-electron chi connectivity index (χ1n) is 9.69. The number of anilines is 1. The molecule has 2 N–H and O–H groups in total. The van der Waals surface area contributed by atoms with Crippen molar-refractivity contribution in [2.75, 3.05) is 25.1 Å². The standard InChI is InChI=1S/C22H19IN2O7S/c1-2-31-16-9-13(10-17-21(29)25(11-19(27)28)22(30)33-17)8-15(23)20(16)32-12-18(26)24-14-6-4-3-5-7-14/h3-10H,2,11-12H2,1H3,(H,24,26)(H,27,28)/b17-10+. The number of benzene rings is 2. The highest BCUT2D eigenvalue weighted by Crippen LogP contribution is 2.37. The molecule has 3 rings (SSSR count). The van der Waals surface area contributed by atoms with Gasteiger partial charge in [0.05, 0.1) is 15.1 Å². The van der Waals surface area contributed by atoms with E-state index in [1.807, 2.05) is 40.8 Å². The quantitative estimate of drug-likeness (QED) is 0.338. The Hall–Kier alpha value is -3.06. The number of hydrogen-bond donors (Lipinski definition) is 2. The summed E-state index contributed by atoms with van der Waals surface area (Å²) in [6.07, 6.45) is 1.49. The van der Waals surface area contributed by atoms with E-state index in [1.165, 1.54) is 6.08 Å². The number of carbonyl (C=O) groups is 4. The van der Waals surface area contributed by atoms with Crippen LogP contribution in [0.5, 0.6) is 11.5 Å². The molecule has 1 fully saturated rings. The minimum atomic E-state index is -1.27. The Balaban J connectivity index is 1.77. The van der Waals surface area contributed by atoms with Gasteiger partial charge in [-0.15, -0.1) is 0 Å². The lowest BCUT2D eigenvalue weighted by atomic mass is 10.2. The van der Waals surface area contributed by atoms with Crippen LogP contribution in [-0.4, -0.2) is 52.8 Å². The van der Waals surface area contributed by atoms with Crippen molar-refractivity contribution in [3.63, 3.8) is 0 Å². The number of carboxylic acids is 1. The topological polar surface area (TPSA) is 122 Å². The van der Waals surface area contributed by atoms with Crippen molar-refractivity contribution in [3.05, 3.63) is 56.5 Å². The van der Waals surface area contributed by atoms with Gasteiger partial charge in [0, 0.05) is 5.69 Å². The number of imide groups is 1. The molecule has 1 saturated heterocycles. The minimum Gasteiger partial charge on any atom is -0.490 e. The van der Waals surface area contributed by atoms with Crippen LogP contribution in [0.25, 0.3) is 6.08 Å². The first kappa shape index (κ1) is 24.6. The van der Waals surface area contributed by atoms with Gasteiger partial charge in [-0.05, 0) is 77.2 Å². The molecule has 1 heterocycles. The van der Waals surface area contributed by atoms with E-state index in [0.29, 0.717) is 49.6 Å². The highest BCUT2D eigenvalue weighted by molar-refractivity contribution is 14.1. The highest BCUT2D eigenvalue weighted by Gasteiger charge is 2.36. The first-order valence-corrected chi connectivity index (χ1v) is 11.6. The molecule has 0 radical (unpaired) electrons. The van der Waals surface area contributed by atoms with Crippen molar-refractivity contribution in [1.29, 1.82) is 0 Å². The van der Waals surface area contributed by atoms with Gasteiger partial charge >= 0.3 is 5.97 Å². The van der Waals surface area contributed by atoms with Gasteiger partial charge in [0.25, 0.3) is 17.1 Å². The molecule has 172 valence electrons. The van der Waals surface area contributed by atoms with E-state index in [9.17, 15) is 19.2 Å². The minimum absolute atomic E-state index is 0.107. The SMILES string of the molecule is CCOc1cc(/C=C2/SC(=O)N(CC(=O)O)C2=O)cc(I)c1OCC(=O)Nc1ccccc1. The summed E-state index contributed by atoms with van der Waals surface area (Å²) >= 11 is 2.70. The molecular weight excluding hydrogens is 563 g/mol. The molecule has 1 aliphatic heterocycles. The van der Waals surface area contributed by atoms with Gasteiger partial charge in [-0.3, -0.25) is 24.1 Å². The predicted molar refractivity (Wildman–Crippen MR) is 131 cm³/mol. The lowest BCUT2D eigenvalue weighted by Crippen LogP contribution is -2.33. The molecule has 11 heteroatoms. The molecule has 0 spiro atoms. The second kappa shape index (κ2) is 11.2. The molecule has 0 unspecified atom stereocenters. The maximum absolute atomic E-state index is 12.4. The summed E-state index contributed by atoms with van der Waals surface area (Å²) < 4.78 is 12.0. The molecule has 0 atom stereocenters. The van der Waals surface area contributed by atoms with E-state index < -0.39 is 23.7 Å². The van der Waals surface area contributed by atoms with E-state index >= 15 is 0 Å². The van der Waals surface area contributed by atoms with E-state index in [2.05, 4.69) is 5.32 Å². The maximum atomic E-state index is 12.4. The number of carboxylic acid groups (broad SMARTS) is 1. The average molecular weight is 582 g/mol. The normalized spacial score (nSPS) is 14.5. The fourth-order valence-electron chi connectivity index (χ4n) is 2.85. The number of nitrogens with zero attached hydrogens (tertiary/aromatic N) is 1. The van der Waals surface area contributed by atoms with Crippen LogP contribution in [0.3, 0.4) is 0 Å². The Bertz CT molecular complexity index is 1120. The Kier molecular flexibility index (Phi) is 8.33. The van der Waals surface area contributed by atoms with Crippen LogP contribution in [0.15, 0.2) is 47.4 Å². The van der Waals surface area contributed by atoms with Crippen molar-refractivity contribution < 1.29 is 33.8 Å². The van der Waals surface area contributed by atoms with Gasteiger partial charge in [-0.25, -0.2) is 0 Å². The molecule has 2 aromatic carbocycles. The van der Waals surface area contributed by atoms with E-state index in [-0.39, 0.29) is 17.4 Å². The molecule has 1 aliphatic rings. The predicted octanol–water partition coefficient (Wildman–Crippen LogP) is 3.83. The van der Waals surface area contributed by atoms with E-state index in [0.717, 1.165) is 0 Å². The Morgan fingerprint density at radius 1 is 1.18 bits per heavy atom. The van der Waals surface area contributed by atoms with Crippen LogP contribution < -0.4 is 14.8 Å². The number of amides is 3. The number of para-hydroxylation sites is 1. The van der Waals surface area contributed by atoms with Gasteiger partial charge < -0.3 is 19.9 Å². The third-order valence-corrected chi connectivity index (χ3v) is 5.91. The Morgan fingerprint density at radius 3 is 2.58 bits per heavy atom. The third kappa shape index (κ3) is 6.48. The summed E-state index contributed by atoms with van der Waals surface area (Å²) in [6.45, 7) is 1.20. The molecule has 33 heavy (non-hydrogen) atoms. The molecular formula is C22H19IN2O7S. The second-order valence-corrected chi connectivity index (χ2v) is 8.78. The molecule has 0 bridgehead atoms. The van der Waals surface area contributed by atoms with Crippen LogP contribution in [0.4, 0.5) is 10.5 Å². The summed E-state index contributed by atoms with van der Waals surface area (Å²) in [6, 6.07) is 12.3. The highest BCUT2D eigenvalue weighted by atomic mass is 127. The zero-order chi connectivity index (χ0) is 24.0. The first-order chi connectivity index (χ1) is 15.8. The third-order valence-electron chi connectivity index (χ3n) is 4.20. The van der Waals surface area contributed by atoms with Crippen molar-refractivity contribution >= 4 is 69.1 Å². The van der Waals surface area contributed by atoms with Crippen LogP contribution in [0, 0.1) is 3.57 Å². The number of nitrogens with one attached hydrogen (secondary N) is 1.